The number of nitrogens with zero attached hydrogens (tertiary/aromatic N) is 3. The molecule has 0 aliphatic carbocycles. The van der Waals surface area contributed by atoms with Crippen molar-refractivity contribution < 1.29 is 27.1 Å². The number of halogens is 1. The largest absolute Gasteiger partial charge is 0.381 e. The molecular formula is C39H36FN5O5S2. The Labute approximate surface area is 305 Å². The Balaban J connectivity index is 0.985. The molecule has 2 saturated heterocycles. The molecule has 3 aromatic carbocycles. The molecule has 52 heavy (non-hydrogen) atoms. The fourth-order valence-electron chi connectivity index (χ4n) is 7.29. The normalized spacial score (nSPS) is 16.3. The Morgan fingerprint density at radius 1 is 0.962 bits per heavy atom. The first-order chi connectivity index (χ1) is 25.1. The van der Waals surface area contributed by atoms with Crippen LogP contribution < -0.4 is 19.8 Å². The standard InChI is InChI=1S/C39H36FN5O5S2/c1-25-6-4-8-30(40)34(25)42-37(46)32-22-27-15-19-45(31-9-3-2-7-29(31)35(27)51-32)38(47)26-11-13-28(14-12-26)43-52(48,49)33-10-5-18-41-36(33)44-23-39(24-44)16-20-50-21-17-39/h2-14,18,22,43H,15-17,19-21,23-24H2,1H3,(H,42,46). The van der Waals surface area contributed by atoms with E-state index in [2.05, 4.69) is 15.0 Å². The van der Waals surface area contributed by atoms with E-state index < -0.39 is 21.7 Å². The third kappa shape index (κ3) is 6.33. The topological polar surface area (TPSA) is 121 Å². The summed E-state index contributed by atoms with van der Waals surface area (Å²) in [5.41, 5.74) is 4.09. The van der Waals surface area contributed by atoms with Crippen LogP contribution >= 0.6 is 11.3 Å². The fraction of sp³-hybridized carbons (Fsp3) is 0.256. The minimum absolute atomic E-state index is 0.105. The number of rotatable bonds is 7. The molecule has 3 aliphatic heterocycles. The third-order valence-electron chi connectivity index (χ3n) is 10.1. The molecule has 13 heteroatoms. The number of nitrogens with one attached hydrogen (secondary N) is 2. The molecule has 8 rings (SSSR count). The first kappa shape index (κ1) is 34.0. The average molecular weight is 738 g/mol. The van der Waals surface area contributed by atoms with E-state index in [1.807, 2.05) is 35.2 Å². The highest BCUT2D eigenvalue weighted by atomic mass is 32.2. The van der Waals surface area contributed by atoms with Crippen LogP contribution in [0.4, 0.5) is 27.3 Å². The van der Waals surface area contributed by atoms with Crippen molar-refractivity contribution in [3.8, 4) is 10.4 Å². The number of hydrogen-bond donors (Lipinski definition) is 2. The number of fused-ring (bicyclic) bond motifs is 3. The quantitative estimate of drug-likeness (QED) is 0.182. The summed E-state index contributed by atoms with van der Waals surface area (Å²) in [5, 5.41) is 2.72. The number of amides is 2. The van der Waals surface area contributed by atoms with Gasteiger partial charge >= 0.3 is 0 Å². The highest BCUT2D eigenvalue weighted by Gasteiger charge is 2.45. The fourth-order valence-corrected chi connectivity index (χ4v) is 9.67. The zero-order valence-electron chi connectivity index (χ0n) is 28.4. The molecule has 10 nitrogen and oxygen atoms in total. The molecule has 0 atom stereocenters. The number of sulfonamides is 1. The summed E-state index contributed by atoms with van der Waals surface area (Å²) in [6.07, 6.45) is 4.01. The number of benzene rings is 3. The van der Waals surface area contributed by atoms with Gasteiger partial charge in [0.2, 0.25) is 0 Å². The molecule has 266 valence electrons. The van der Waals surface area contributed by atoms with Crippen molar-refractivity contribution in [1.82, 2.24) is 4.98 Å². The van der Waals surface area contributed by atoms with Crippen LogP contribution in [0.1, 0.15) is 44.0 Å². The lowest BCUT2D eigenvalue weighted by Gasteiger charge is -2.53. The second-order valence-corrected chi connectivity index (χ2v) is 16.3. The molecule has 5 heterocycles. The molecule has 0 saturated carbocycles. The number of aryl methyl sites for hydroxylation is 1. The highest BCUT2D eigenvalue weighted by molar-refractivity contribution is 7.92. The Morgan fingerprint density at radius 2 is 1.73 bits per heavy atom. The summed E-state index contributed by atoms with van der Waals surface area (Å²) in [5.74, 6) is -0.694. The number of anilines is 4. The molecular weight excluding hydrogens is 702 g/mol. The summed E-state index contributed by atoms with van der Waals surface area (Å²) in [4.78, 5) is 36.8. The van der Waals surface area contributed by atoms with E-state index >= 15 is 0 Å². The van der Waals surface area contributed by atoms with E-state index in [4.69, 9.17) is 4.74 Å². The van der Waals surface area contributed by atoms with Crippen LogP contribution in [0.2, 0.25) is 0 Å². The molecule has 2 fully saturated rings. The van der Waals surface area contributed by atoms with Crippen molar-refractivity contribution >= 4 is 56.1 Å². The summed E-state index contributed by atoms with van der Waals surface area (Å²) in [6.45, 7) is 5.03. The summed E-state index contributed by atoms with van der Waals surface area (Å²) in [7, 11) is -3.98. The van der Waals surface area contributed by atoms with E-state index in [0.29, 0.717) is 46.2 Å². The molecule has 0 radical (unpaired) electrons. The molecule has 5 aromatic rings. The zero-order chi connectivity index (χ0) is 36.0. The Bertz CT molecular complexity index is 2280. The second-order valence-electron chi connectivity index (χ2n) is 13.6. The van der Waals surface area contributed by atoms with Crippen molar-refractivity contribution in [2.45, 2.75) is 31.1 Å². The Morgan fingerprint density at radius 3 is 2.50 bits per heavy atom. The monoisotopic (exact) mass is 737 g/mol. The van der Waals surface area contributed by atoms with Crippen LogP contribution in [0.3, 0.4) is 0 Å². The number of thiophene rings is 1. The van der Waals surface area contributed by atoms with Crippen molar-refractivity contribution in [2.75, 3.05) is 52.7 Å². The second kappa shape index (κ2) is 13.5. The van der Waals surface area contributed by atoms with Crippen LogP contribution in [0, 0.1) is 18.2 Å². The Hall–Kier alpha value is -5.11. The van der Waals surface area contributed by atoms with Gasteiger partial charge in [0.25, 0.3) is 21.8 Å². The van der Waals surface area contributed by atoms with Crippen LogP contribution in [0.5, 0.6) is 0 Å². The van der Waals surface area contributed by atoms with Gasteiger partial charge in [0.1, 0.15) is 16.5 Å². The van der Waals surface area contributed by atoms with Crippen molar-refractivity contribution in [2.24, 2.45) is 5.41 Å². The van der Waals surface area contributed by atoms with Gasteiger partial charge in [-0.3, -0.25) is 14.3 Å². The van der Waals surface area contributed by atoms with Gasteiger partial charge in [0, 0.05) is 66.2 Å². The summed E-state index contributed by atoms with van der Waals surface area (Å²) >= 11 is 1.31. The molecule has 1 spiro atoms. The van der Waals surface area contributed by atoms with Gasteiger partial charge in [-0.05, 0) is 91.9 Å². The maximum absolute atomic E-state index is 14.5. The van der Waals surface area contributed by atoms with Crippen LogP contribution in [0.15, 0.2) is 96.0 Å². The van der Waals surface area contributed by atoms with E-state index in [-0.39, 0.29) is 21.9 Å². The number of aromatic nitrogens is 1. The number of carbonyl (C=O) groups excluding carboxylic acids is 2. The van der Waals surface area contributed by atoms with Gasteiger partial charge in [-0.25, -0.2) is 17.8 Å². The first-order valence-corrected chi connectivity index (χ1v) is 19.4. The number of hydrogen-bond acceptors (Lipinski definition) is 8. The van der Waals surface area contributed by atoms with Crippen molar-refractivity contribution in [3.05, 3.63) is 119 Å². The highest BCUT2D eigenvalue weighted by Crippen LogP contribution is 2.44. The number of ether oxygens (including phenoxy) is 1. The van der Waals surface area contributed by atoms with E-state index in [1.54, 1.807) is 66.6 Å². The maximum Gasteiger partial charge on any atom is 0.265 e. The lowest BCUT2D eigenvalue weighted by molar-refractivity contribution is -0.000640. The van der Waals surface area contributed by atoms with Crippen LogP contribution in [0.25, 0.3) is 10.4 Å². The maximum atomic E-state index is 14.5. The summed E-state index contributed by atoms with van der Waals surface area (Å²) < 4.78 is 49.9. The lowest BCUT2D eigenvalue weighted by atomic mass is 9.73. The van der Waals surface area contributed by atoms with Gasteiger partial charge in [0.15, 0.2) is 0 Å². The molecule has 2 amide bonds. The van der Waals surface area contributed by atoms with E-state index in [0.717, 1.165) is 55.1 Å². The Kier molecular flexibility index (Phi) is 8.80. The van der Waals surface area contributed by atoms with Crippen LogP contribution in [-0.2, 0) is 21.2 Å². The predicted molar refractivity (Wildman–Crippen MR) is 200 cm³/mol. The molecule has 2 aromatic heterocycles. The third-order valence-corrected chi connectivity index (χ3v) is 12.7. The van der Waals surface area contributed by atoms with Crippen molar-refractivity contribution in [3.63, 3.8) is 0 Å². The molecule has 3 aliphatic rings. The summed E-state index contributed by atoms with van der Waals surface area (Å²) in [6, 6.07) is 23.6. The SMILES string of the molecule is Cc1cccc(F)c1NC(=O)c1cc2c(s1)-c1ccccc1N(C(=O)c1ccc(NS(=O)(=O)c3cccnc3N3CC4(CCOCC4)C3)cc1)CC2. The number of para-hydroxylation sites is 2. The molecule has 2 N–H and O–H groups in total. The number of pyridine rings is 1. The van der Waals surface area contributed by atoms with Gasteiger partial charge in [-0.2, -0.15) is 0 Å². The zero-order valence-corrected chi connectivity index (χ0v) is 30.0. The molecule has 0 bridgehead atoms. The first-order valence-electron chi connectivity index (χ1n) is 17.1. The minimum atomic E-state index is -3.98. The smallest absolute Gasteiger partial charge is 0.265 e. The van der Waals surface area contributed by atoms with E-state index in [1.165, 1.54) is 17.4 Å². The van der Waals surface area contributed by atoms with Gasteiger partial charge in [-0.1, -0.05) is 30.3 Å². The number of carbonyl (C=O) groups is 2. The van der Waals surface area contributed by atoms with Gasteiger partial charge < -0.3 is 19.9 Å². The molecule has 0 unspecified atom stereocenters. The van der Waals surface area contributed by atoms with E-state index in [9.17, 15) is 22.4 Å². The van der Waals surface area contributed by atoms with Crippen LogP contribution in [-0.4, -0.2) is 58.1 Å². The van der Waals surface area contributed by atoms with Gasteiger partial charge in [0.05, 0.1) is 16.3 Å². The minimum Gasteiger partial charge on any atom is -0.381 e. The predicted octanol–water partition coefficient (Wildman–Crippen LogP) is 7.13. The average Bonchev–Trinajstić information content (AvgIpc) is 3.50. The van der Waals surface area contributed by atoms with Crippen molar-refractivity contribution in [1.29, 1.82) is 0 Å². The lowest BCUT2D eigenvalue weighted by Crippen LogP contribution is -2.59. The van der Waals surface area contributed by atoms with Gasteiger partial charge in [-0.15, -0.1) is 11.3 Å².